The molecule has 0 bridgehead atoms. The number of carbonyl (C=O) groups excluding carboxylic acids is 1. The standard InChI is InChI=1S/C15H25NO5/c1-2-21-15(19)13(12-14(17)18)6-4-3-5-7-16-8-10-20-11-9-16/h12H,2-11H2,1H3,(H,17,18)/b13-12+. The lowest BCUT2D eigenvalue weighted by Gasteiger charge is -2.26. The highest BCUT2D eigenvalue weighted by atomic mass is 16.5. The number of nitrogens with zero attached hydrogens (tertiary/aromatic N) is 1. The second-order valence-electron chi connectivity index (χ2n) is 4.99. The summed E-state index contributed by atoms with van der Waals surface area (Å²) < 4.78 is 10.2. The Hall–Kier alpha value is -1.40. The fraction of sp³-hybridized carbons (Fsp3) is 0.733. The molecule has 1 rings (SSSR count). The van der Waals surface area contributed by atoms with Crippen molar-refractivity contribution in [2.45, 2.75) is 32.6 Å². The second kappa shape index (κ2) is 10.3. The number of unbranched alkanes of at least 4 members (excludes halogenated alkanes) is 2. The van der Waals surface area contributed by atoms with Crippen molar-refractivity contribution in [3.05, 3.63) is 11.6 Å². The number of carboxylic acids is 1. The summed E-state index contributed by atoms with van der Waals surface area (Å²) in [6, 6.07) is 0. The second-order valence-corrected chi connectivity index (χ2v) is 4.99. The summed E-state index contributed by atoms with van der Waals surface area (Å²) >= 11 is 0. The van der Waals surface area contributed by atoms with Gasteiger partial charge in [0.2, 0.25) is 0 Å². The van der Waals surface area contributed by atoms with Crippen molar-refractivity contribution in [1.29, 1.82) is 0 Å². The van der Waals surface area contributed by atoms with Gasteiger partial charge in [-0.1, -0.05) is 6.42 Å². The Kier molecular flexibility index (Phi) is 8.69. The van der Waals surface area contributed by atoms with Crippen molar-refractivity contribution in [3.63, 3.8) is 0 Å². The third kappa shape index (κ3) is 7.82. The highest BCUT2D eigenvalue weighted by Crippen LogP contribution is 2.12. The summed E-state index contributed by atoms with van der Waals surface area (Å²) in [6.45, 7) is 6.55. The van der Waals surface area contributed by atoms with E-state index < -0.39 is 11.9 Å². The molecule has 6 heteroatoms. The lowest BCUT2D eigenvalue weighted by atomic mass is 10.1. The summed E-state index contributed by atoms with van der Waals surface area (Å²) in [4.78, 5) is 24.7. The normalized spacial score (nSPS) is 16.7. The molecular formula is C15H25NO5. The predicted molar refractivity (Wildman–Crippen MR) is 78.1 cm³/mol. The summed E-state index contributed by atoms with van der Waals surface area (Å²) in [6.07, 6.45) is 4.22. The number of rotatable bonds is 9. The molecule has 1 fully saturated rings. The van der Waals surface area contributed by atoms with E-state index in [1.807, 2.05) is 0 Å². The molecular weight excluding hydrogens is 274 g/mol. The first-order chi connectivity index (χ1) is 10.1. The van der Waals surface area contributed by atoms with E-state index in [0.29, 0.717) is 6.42 Å². The van der Waals surface area contributed by atoms with Crippen molar-refractivity contribution in [2.24, 2.45) is 0 Å². The number of morpholine rings is 1. The lowest BCUT2D eigenvalue weighted by molar-refractivity contribution is -0.139. The SMILES string of the molecule is CCOC(=O)/C(=C/C(=O)O)CCCCCN1CCOCC1. The topological polar surface area (TPSA) is 76.1 Å². The number of ether oxygens (including phenoxy) is 2. The van der Waals surface area contributed by atoms with Crippen LogP contribution in [0.25, 0.3) is 0 Å². The Morgan fingerprint density at radius 1 is 1.24 bits per heavy atom. The molecule has 0 atom stereocenters. The molecule has 0 amide bonds. The Morgan fingerprint density at radius 3 is 2.57 bits per heavy atom. The predicted octanol–water partition coefficient (Wildman–Crippen LogP) is 1.45. The molecule has 0 radical (unpaired) electrons. The van der Waals surface area contributed by atoms with Gasteiger partial charge < -0.3 is 14.6 Å². The maximum absolute atomic E-state index is 11.6. The molecule has 0 spiro atoms. The molecule has 0 aromatic heterocycles. The largest absolute Gasteiger partial charge is 0.478 e. The lowest BCUT2D eigenvalue weighted by Crippen LogP contribution is -2.36. The van der Waals surface area contributed by atoms with Crippen LogP contribution < -0.4 is 0 Å². The molecule has 1 aliphatic rings. The number of carboxylic acid groups (broad SMARTS) is 1. The number of aliphatic carboxylic acids is 1. The van der Waals surface area contributed by atoms with Gasteiger partial charge in [0.05, 0.1) is 19.8 Å². The summed E-state index contributed by atoms with van der Waals surface area (Å²) in [7, 11) is 0. The highest BCUT2D eigenvalue weighted by Gasteiger charge is 2.13. The first kappa shape index (κ1) is 17.7. The van der Waals surface area contributed by atoms with E-state index in [9.17, 15) is 9.59 Å². The number of hydrogen-bond acceptors (Lipinski definition) is 5. The van der Waals surface area contributed by atoms with E-state index in [-0.39, 0.29) is 12.2 Å². The zero-order valence-corrected chi connectivity index (χ0v) is 12.7. The van der Waals surface area contributed by atoms with Crippen molar-refractivity contribution >= 4 is 11.9 Å². The molecule has 21 heavy (non-hydrogen) atoms. The van der Waals surface area contributed by atoms with Gasteiger partial charge in [0, 0.05) is 24.7 Å². The van der Waals surface area contributed by atoms with E-state index in [2.05, 4.69) is 4.90 Å². The van der Waals surface area contributed by atoms with Crippen LogP contribution in [0.4, 0.5) is 0 Å². The molecule has 0 saturated carbocycles. The van der Waals surface area contributed by atoms with E-state index in [1.54, 1.807) is 6.92 Å². The van der Waals surface area contributed by atoms with E-state index >= 15 is 0 Å². The van der Waals surface area contributed by atoms with Crippen LogP contribution in [0.3, 0.4) is 0 Å². The fourth-order valence-electron chi connectivity index (χ4n) is 2.26. The Bertz CT molecular complexity index is 361. The zero-order chi connectivity index (χ0) is 15.5. The van der Waals surface area contributed by atoms with Gasteiger partial charge in [-0.3, -0.25) is 4.90 Å². The molecule has 6 nitrogen and oxygen atoms in total. The van der Waals surface area contributed by atoms with Crippen molar-refractivity contribution in [3.8, 4) is 0 Å². The fourth-order valence-corrected chi connectivity index (χ4v) is 2.26. The number of carbonyl (C=O) groups is 2. The van der Waals surface area contributed by atoms with Crippen molar-refractivity contribution in [2.75, 3.05) is 39.5 Å². The molecule has 0 aliphatic carbocycles. The summed E-state index contributed by atoms with van der Waals surface area (Å²) in [5.41, 5.74) is 0.246. The average molecular weight is 299 g/mol. The molecule has 1 saturated heterocycles. The van der Waals surface area contributed by atoms with Gasteiger partial charge in [-0.2, -0.15) is 0 Å². The van der Waals surface area contributed by atoms with Gasteiger partial charge in [-0.05, 0) is 32.7 Å². The average Bonchev–Trinajstić information content (AvgIpc) is 2.46. The van der Waals surface area contributed by atoms with E-state index in [0.717, 1.165) is 58.2 Å². The molecule has 0 unspecified atom stereocenters. The Balaban J connectivity index is 2.23. The molecule has 120 valence electrons. The van der Waals surface area contributed by atoms with Crippen LogP contribution in [0, 0.1) is 0 Å². The maximum atomic E-state index is 11.6. The summed E-state index contributed by atoms with van der Waals surface area (Å²) in [5.74, 6) is -1.63. The van der Waals surface area contributed by atoms with Crippen LogP contribution in [0.5, 0.6) is 0 Å². The van der Waals surface area contributed by atoms with Gasteiger partial charge in [-0.15, -0.1) is 0 Å². The quantitative estimate of drug-likeness (QED) is 0.394. The molecule has 0 aromatic carbocycles. The molecule has 1 heterocycles. The minimum Gasteiger partial charge on any atom is -0.478 e. The Labute approximate surface area is 125 Å². The number of esters is 1. The van der Waals surface area contributed by atoms with Gasteiger partial charge >= 0.3 is 11.9 Å². The van der Waals surface area contributed by atoms with Crippen LogP contribution in [-0.4, -0.2) is 61.4 Å². The first-order valence-electron chi connectivity index (χ1n) is 7.54. The van der Waals surface area contributed by atoms with Crippen molar-refractivity contribution in [1.82, 2.24) is 4.90 Å². The van der Waals surface area contributed by atoms with Crippen LogP contribution in [-0.2, 0) is 19.1 Å². The minimum absolute atomic E-state index is 0.246. The monoisotopic (exact) mass is 299 g/mol. The third-order valence-electron chi connectivity index (χ3n) is 3.36. The van der Waals surface area contributed by atoms with Crippen LogP contribution >= 0.6 is 0 Å². The molecule has 1 aliphatic heterocycles. The zero-order valence-electron chi connectivity index (χ0n) is 12.7. The highest BCUT2D eigenvalue weighted by molar-refractivity contribution is 5.95. The Morgan fingerprint density at radius 2 is 1.95 bits per heavy atom. The van der Waals surface area contributed by atoms with Crippen LogP contribution in [0.1, 0.15) is 32.6 Å². The molecule has 1 N–H and O–H groups in total. The van der Waals surface area contributed by atoms with E-state index in [4.69, 9.17) is 14.6 Å². The third-order valence-corrected chi connectivity index (χ3v) is 3.36. The van der Waals surface area contributed by atoms with Crippen LogP contribution in [0.2, 0.25) is 0 Å². The van der Waals surface area contributed by atoms with Gasteiger partial charge in [-0.25, -0.2) is 9.59 Å². The van der Waals surface area contributed by atoms with Gasteiger partial charge in [0.15, 0.2) is 0 Å². The maximum Gasteiger partial charge on any atom is 0.334 e. The first-order valence-corrected chi connectivity index (χ1v) is 7.54. The summed E-state index contributed by atoms with van der Waals surface area (Å²) in [5, 5.41) is 8.77. The van der Waals surface area contributed by atoms with Crippen molar-refractivity contribution < 1.29 is 24.2 Å². The van der Waals surface area contributed by atoms with Crippen LogP contribution in [0.15, 0.2) is 11.6 Å². The van der Waals surface area contributed by atoms with Gasteiger partial charge in [0.25, 0.3) is 0 Å². The number of hydrogen-bond donors (Lipinski definition) is 1. The van der Waals surface area contributed by atoms with E-state index in [1.165, 1.54) is 0 Å². The van der Waals surface area contributed by atoms with Gasteiger partial charge in [0.1, 0.15) is 0 Å². The smallest absolute Gasteiger partial charge is 0.334 e. The minimum atomic E-state index is -1.11. The molecule has 0 aromatic rings.